The van der Waals surface area contributed by atoms with Crippen molar-refractivity contribution in [2.24, 2.45) is 5.92 Å². The minimum atomic E-state index is -0.905. The maximum absolute atomic E-state index is 13.3. The van der Waals surface area contributed by atoms with Gasteiger partial charge in [0.25, 0.3) is 5.91 Å². The number of nitrogens with zero attached hydrogens (tertiary/aromatic N) is 1. The van der Waals surface area contributed by atoms with Gasteiger partial charge < -0.3 is 15.4 Å². The van der Waals surface area contributed by atoms with Crippen molar-refractivity contribution >= 4 is 34.9 Å². The van der Waals surface area contributed by atoms with Crippen LogP contribution in [0.25, 0.3) is 0 Å². The molecule has 7 nitrogen and oxygen atoms in total. The van der Waals surface area contributed by atoms with Crippen LogP contribution in [0, 0.1) is 11.7 Å². The van der Waals surface area contributed by atoms with Gasteiger partial charge in [0.2, 0.25) is 5.91 Å². The SMILES string of the molecule is CC(C)CNC(=O)[C@H]1[C@H](c2ccc(NC(=O)c3cccs3)cc2)OC(=O)N1Cc1ccc(F)cc1. The van der Waals surface area contributed by atoms with Crippen molar-refractivity contribution < 1.29 is 23.5 Å². The van der Waals surface area contributed by atoms with E-state index in [1.807, 2.05) is 19.2 Å². The Kier molecular flexibility index (Phi) is 7.45. The second-order valence-corrected chi connectivity index (χ2v) is 9.64. The standard InChI is InChI=1S/C26H26FN3O4S/c1-16(2)14-28-25(32)22-23(34-26(33)30(22)15-17-5-9-19(27)10-6-17)18-7-11-20(12-8-18)29-24(31)21-4-3-13-35-21/h3-13,16,22-23H,14-15H2,1-2H3,(H,28,32)(H,29,31)/t22-,23+/m1/s1. The molecule has 35 heavy (non-hydrogen) atoms. The molecule has 4 rings (SSSR count). The lowest BCUT2D eigenvalue weighted by Gasteiger charge is -2.24. The molecule has 2 heterocycles. The molecule has 0 bridgehead atoms. The van der Waals surface area contributed by atoms with Gasteiger partial charge in [-0.25, -0.2) is 9.18 Å². The van der Waals surface area contributed by atoms with Crippen LogP contribution in [0.3, 0.4) is 0 Å². The molecular formula is C26H26FN3O4S. The van der Waals surface area contributed by atoms with Gasteiger partial charge in [0.1, 0.15) is 5.82 Å². The molecule has 1 aliphatic rings. The third-order valence-electron chi connectivity index (χ3n) is 5.55. The fraction of sp³-hybridized carbons (Fsp3) is 0.269. The lowest BCUT2D eigenvalue weighted by Crippen LogP contribution is -2.47. The first-order valence-electron chi connectivity index (χ1n) is 11.3. The van der Waals surface area contributed by atoms with Crippen molar-refractivity contribution in [1.29, 1.82) is 0 Å². The van der Waals surface area contributed by atoms with E-state index < -0.39 is 18.2 Å². The number of cyclic esters (lactones) is 1. The Balaban J connectivity index is 1.55. The maximum Gasteiger partial charge on any atom is 0.411 e. The Morgan fingerprint density at radius 2 is 1.80 bits per heavy atom. The molecule has 0 aliphatic carbocycles. The van der Waals surface area contributed by atoms with Gasteiger partial charge in [-0.3, -0.25) is 14.5 Å². The quantitative estimate of drug-likeness (QED) is 0.462. The van der Waals surface area contributed by atoms with Crippen LogP contribution in [0.2, 0.25) is 0 Å². The number of benzene rings is 2. The highest BCUT2D eigenvalue weighted by Crippen LogP contribution is 2.34. The number of thiophene rings is 1. The molecule has 1 saturated heterocycles. The molecule has 9 heteroatoms. The van der Waals surface area contributed by atoms with Crippen molar-refractivity contribution in [3.63, 3.8) is 0 Å². The van der Waals surface area contributed by atoms with E-state index in [0.29, 0.717) is 28.2 Å². The highest BCUT2D eigenvalue weighted by atomic mass is 32.1. The summed E-state index contributed by atoms with van der Waals surface area (Å²) in [7, 11) is 0. The Morgan fingerprint density at radius 3 is 2.43 bits per heavy atom. The minimum absolute atomic E-state index is 0.102. The fourth-order valence-corrected chi connectivity index (χ4v) is 4.38. The third kappa shape index (κ3) is 5.86. The molecule has 2 N–H and O–H groups in total. The van der Waals surface area contributed by atoms with Crippen LogP contribution in [-0.2, 0) is 16.1 Å². The van der Waals surface area contributed by atoms with E-state index in [4.69, 9.17) is 4.74 Å². The number of carbonyl (C=O) groups is 3. The summed E-state index contributed by atoms with van der Waals surface area (Å²) in [4.78, 5) is 40.3. The summed E-state index contributed by atoms with van der Waals surface area (Å²) < 4.78 is 19.0. The minimum Gasteiger partial charge on any atom is -0.438 e. The summed E-state index contributed by atoms with van der Waals surface area (Å²) >= 11 is 1.35. The summed E-state index contributed by atoms with van der Waals surface area (Å²) in [5.41, 5.74) is 1.89. The first-order valence-corrected chi connectivity index (χ1v) is 12.1. The lowest BCUT2D eigenvalue weighted by atomic mass is 10.00. The van der Waals surface area contributed by atoms with E-state index in [-0.39, 0.29) is 30.1 Å². The summed E-state index contributed by atoms with van der Waals surface area (Å²) in [6.45, 7) is 4.51. The normalized spacial score (nSPS) is 17.4. The molecular weight excluding hydrogens is 469 g/mol. The van der Waals surface area contributed by atoms with Crippen LogP contribution in [0.15, 0.2) is 66.0 Å². The van der Waals surface area contributed by atoms with E-state index in [2.05, 4.69) is 10.6 Å². The Morgan fingerprint density at radius 1 is 1.09 bits per heavy atom. The Bertz CT molecular complexity index is 1180. The predicted octanol–water partition coefficient (Wildman–Crippen LogP) is 4.97. The number of nitrogens with one attached hydrogen (secondary N) is 2. The van der Waals surface area contributed by atoms with E-state index in [9.17, 15) is 18.8 Å². The highest BCUT2D eigenvalue weighted by molar-refractivity contribution is 7.12. The molecule has 2 aromatic carbocycles. The number of hydrogen-bond donors (Lipinski definition) is 2. The summed E-state index contributed by atoms with van der Waals surface area (Å²) in [5.74, 6) is -0.691. The monoisotopic (exact) mass is 495 g/mol. The molecule has 1 fully saturated rings. The molecule has 1 aromatic heterocycles. The van der Waals surface area contributed by atoms with Crippen LogP contribution >= 0.6 is 11.3 Å². The van der Waals surface area contributed by atoms with Crippen LogP contribution < -0.4 is 10.6 Å². The number of carbonyl (C=O) groups excluding carboxylic acids is 3. The van der Waals surface area contributed by atoms with Gasteiger partial charge in [0.15, 0.2) is 12.1 Å². The molecule has 1 aliphatic heterocycles. The lowest BCUT2D eigenvalue weighted by molar-refractivity contribution is -0.126. The summed E-state index contributed by atoms with van der Waals surface area (Å²) in [6, 6.07) is 15.3. The van der Waals surface area contributed by atoms with E-state index in [1.54, 1.807) is 48.5 Å². The van der Waals surface area contributed by atoms with E-state index in [0.717, 1.165) is 0 Å². The van der Waals surface area contributed by atoms with Crippen LogP contribution in [0.1, 0.15) is 40.8 Å². The molecule has 2 atom stereocenters. The van der Waals surface area contributed by atoms with Crippen molar-refractivity contribution in [2.45, 2.75) is 32.5 Å². The molecule has 0 radical (unpaired) electrons. The maximum atomic E-state index is 13.3. The average Bonchev–Trinajstić information content (AvgIpc) is 3.48. The van der Waals surface area contributed by atoms with Crippen molar-refractivity contribution in [3.05, 3.63) is 87.9 Å². The van der Waals surface area contributed by atoms with Gasteiger partial charge in [0, 0.05) is 12.2 Å². The first kappa shape index (κ1) is 24.4. The van der Waals surface area contributed by atoms with E-state index >= 15 is 0 Å². The second-order valence-electron chi connectivity index (χ2n) is 8.70. The first-order chi connectivity index (χ1) is 16.8. The molecule has 3 amide bonds. The van der Waals surface area contributed by atoms with Gasteiger partial charge in [0.05, 0.1) is 11.4 Å². The number of halogens is 1. The van der Waals surface area contributed by atoms with Crippen LogP contribution in [0.4, 0.5) is 14.9 Å². The highest BCUT2D eigenvalue weighted by Gasteiger charge is 2.46. The topological polar surface area (TPSA) is 87.7 Å². The van der Waals surface area contributed by atoms with Crippen molar-refractivity contribution in [2.75, 3.05) is 11.9 Å². The zero-order chi connectivity index (χ0) is 24.9. The second kappa shape index (κ2) is 10.7. The van der Waals surface area contributed by atoms with Crippen LogP contribution in [0.5, 0.6) is 0 Å². The van der Waals surface area contributed by atoms with Gasteiger partial charge in [-0.1, -0.05) is 44.2 Å². The van der Waals surface area contributed by atoms with E-state index in [1.165, 1.54) is 28.4 Å². The molecule has 0 unspecified atom stereocenters. The molecule has 0 spiro atoms. The summed E-state index contributed by atoms with van der Waals surface area (Å²) in [5, 5.41) is 7.55. The Labute approximate surface area is 206 Å². The Hall–Kier alpha value is -3.72. The van der Waals surface area contributed by atoms with Gasteiger partial charge in [-0.15, -0.1) is 11.3 Å². The van der Waals surface area contributed by atoms with Crippen LogP contribution in [-0.4, -0.2) is 35.4 Å². The largest absolute Gasteiger partial charge is 0.438 e. The fourth-order valence-electron chi connectivity index (χ4n) is 3.76. The molecule has 0 saturated carbocycles. The number of rotatable bonds is 8. The summed E-state index contributed by atoms with van der Waals surface area (Å²) in [6.07, 6.45) is -1.46. The predicted molar refractivity (Wildman–Crippen MR) is 132 cm³/mol. The zero-order valence-corrected chi connectivity index (χ0v) is 20.2. The number of hydrogen-bond acceptors (Lipinski definition) is 5. The average molecular weight is 496 g/mol. The van der Waals surface area contributed by atoms with Gasteiger partial charge in [-0.05, 0) is 52.8 Å². The van der Waals surface area contributed by atoms with Crippen molar-refractivity contribution in [1.82, 2.24) is 10.2 Å². The number of anilines is 1. The number of amides is 3. The van der Waals surface area contributed by atoms with Gasteiger partial charge in [-0.2, -0.15) is 0 Å². The number of ether oxygens (including phenoxy) is 1. The molecule has 182 valence electrons. The third-order valence-corrected chi connectivity index (χ3v) is 6.41. The zero-order valence-electron chi connectivity index (χ0n) is 19.4. The molecule has 3 aromatic rings. The van der Waals surface area contributed by atoms with Crippen molar-refractivity contribution in [3.8, 4) is 0 Å². The van der Waals surface area contributed by atoms with Gasteiger partial charge >= 0.3 is 6.09 Å². The smallest absolute Gasteiger partial charge is 0.411 e.